The van der Waals surface area contributed by atoms with Crippen molar-refractivity contribution in [3.63, 3.8) is 0 Å². The zero-order valence-corrected chi connectivity index (χ0v) is 8.60. The van der Waals surface area contributed by atoms with Gasteiger partial charge in [0.15, 0.2) is 0 Å². The summed E-state index contributed by atoms with van der Waals surface area (Å²) < 4.78 is 0. The molecule has 74 valence electrons. The van der Waals surface area contributed by atoms with Crippen molar-refractivity contribution in [3.8, 4) is 0 Å². The van der Waals surface area contributed by atoms with Crippen LogP contribution in [0.1, 0.15) is 24.8 Å². The van der Waals surface area contributed by atoms with Gasteiger partial charge in [-0.05, 0) is 18.9 Å². The van der Waals surface area contributed by atoms with Gasteiger partial charge in [0.1, 0.15) is 0 Å². The Kier molecular flexibility index (Phi) is 2.28. The Morgan fingerprint density at radius 2 is 1.93 bits per heavy atom. The zero-order valence-electron chi connectivity index (χ0n) is 8.60. The van der Waals surface area contributed by atoms with E-state index in [1.165, 1.54) is 0 Å². The summed E-state index contributed by atoms with van der Waals surface area (Å²) >= 11 is 0. The second kappa shape index (κ2) is 3.45. The molecule has 0 aromatic heterocycles. The van der Waals surface area contributed by atoms with Gasteiger partial charge in [-0.15, -0.1) is 0 Å². The standard InChI is InChI=1S/C12H15NO/c1-9-8-11(12(14)13(9)2)10-6-4-3-5-7-10/h3-7,9,11H,8H2,1-2H3. The Bertz CT molecular complexity index is 333. The molecule has 0 N–H and O–H groups in total. The van der Waals surface area contributed by atoms with Crippen LogP contribution in [0.3, 0.4) is 0 Å². The van der Waals surface area contributed by atoms with Crippen molar-refractivity contribution in [2.24, 2.45) is 0 Å². The van der Waals surface area contributed by atoms with Gasteiger partial charge in [0.05, 0.1) is 5.92 Å². The van der Waals surface area contributed by atoms with Crippen LogP contribution in [0, 0.1) is 0 Å². The molecule has 1 aliphatic rings. The molecule has 1 saturated heterocycles. The molecular weight excluding hydrogens is 174 g/mol. The highest BCUT2D eigenvalue weighted by molar-refractivity contribution is 5.86. The van der Waals surface area contributed by atoms with Crippen molar-refractivity contribution in [1.82, 2.24) is 4.90 Å². The number of nitrogens with zero attached hydrogens (tertiary/aromatic N) is 1. The molecule has 0 saturated carbocycles. The van der Waals surface area contributed by atoms with Crippen LogP contribution in [0.2, 0.25) is 0 Å². The van der Waals surface area contributed by atoms with Crippen molar-refractivity contribution in [2.75, 3.05) is 7.05 Å². The summed E-state index contributed by atoms with van der Waals surface area (Å²) in [7, 11) is 1.88. The van der Waals surface area contributed by atoms with E-state index < -0.39 is 0 Å². The molecule has 1 fully saturated rings. The number of hydrogen-bond acceptors (Lipinski definition) is 1. The predicted octanol–water partition coefficient (Wildman–Crippen LogP) is 2.02. The number of carbonyl (C=O) groups is 1. The summed E-state index contributed by atoms with van der Waals surface area (Å²) in [6, 6.07) is 10.4. The van der Waals surface area contributed by atoms with Crippen molar-refractivity contribution >= 4 is 5.91 Å². The van der Waals surface area contributed by atoms with Gasteiger partial charge in [-0.1, -0.05) is 30.3 Å². The molecule has 2 rings (SSSR count). The van der Waals surface area contributed by atoms with Crippen LogP contribution in [0.25, 0.3) is 0 Å². The van der Waals surface area contributed by atoms with E-state index in [1.807, 2.05) is 42.3 Å². The molecule has 0 bridgehead atoms. The maximum absolute atomic E-state index is 11.8. The Labute approximate surface area is 84.5 Å². The summed E-state index contributed by atoms with van der Waals surface area (Å²) in [4.78, 5) is 13.7. The van der Waals surface area contributed by atoms with Crippen LogP contribution in [-0.4, -0.2) is 23.9 Å². The molecule has 0 radical (unpaired) electrons. The van der Waals surface area contributed by atoms with Crippen molar-refractivity contribution in [2.45, 2.75) is 25.3 Å². The van der Waals surface area contributed by atoms with Crippen molar-refractivity contribution in [3.05, 3.63) is 35.9 Å². The van der Waals surface area contributed by atoms with Gasteiger partial charge >= 0.3 is 0 Å². The van der Waals surface area contributed by atoms with E-state index in [1.54, 1.807) is 0 Å². The summed E-state index contributed by atoms with van der Waals surface area (Å²) in [6.45, 7) is 2.10. The maximum Gasteiger partial charge on any atom is 0.230 e. The Morgan fingerprint density at radius 3 is 2.43 bits per heavy atom. The van der Waals surface area contributed by atoms with Gasteiger partial charge in [-0.3, -0.25) is 4.79 Å². The molecule has 2 atom stereocenters. The van der Waals surface area contributed by atoms with Crippen LogP contribution < -0.4 is 0 Å². The Hall–Kier alpha value is -1.31. The second-order valence-electron chi connectivity index (χ2n) is 4.00. The first kappa shape index (κ1) is 9.25. The fraction of sp³-hybridized carbons (Fsp3) is 0.417. The summed E-state index contributed by atoms with van der Waals surface area (Å²) in [6.07, 6.45) is 0.944. The molecule has 0 aliphatic carbocycles. The highest BCUT2D eigenvalue weighted by Gasteiger charge is 2.35. The lowest BCUT2D eigenvalue weighted by molar-refractivity contribution is -0.128. The average Bonchev–Trinajstić information content (AvgIpc) is 2.47. The predicted molar refractivity (Wildman–Crippen MR) is 56.0 cm³/mol. The number of rotatable bonds is 1. The number of carbonyl (C=O) groups excluding carboxylic acids is 1. The van der Waals surface area contributed by atoms with E-state index in [0.717, 1.165) is 12.0 Å². The fourth-order valence-corrected chi connectivity index (χ4v) is 2.03. The molecule has 2 unspecified atom stereocenters. The minimum absolute atomic E-state index is 0.0798. The SMILES string of the molecule is CC1CC(c2ccccc2)C(=O)N1C. The van der Waals surface area contributed by atoms with E-state index in [0.29, 0.717) is 6.04 Å². The average molecular weight is 189 g/mol. The van der Waals surface area contributed by atoms with Gasteiger partial charge in [0.2, 0.25) is 5.91 Å². The first-order valence-corrected chi connectivity index (χ1v) is 5.02. The third-order valence-electron chi connectivity index (χ3n) is 3.09. The zero-order chi connectivity index (χ0) is 10.1. The van der Waals surface area contributed by atoms with Gasteiger partial charge in [-0.25, -0.2) is 0 Å². The number of amides is 1. The normalized spacial score (nSPS) is 27.0. The third kappa shape index (κ3) is 1.41. The molecule has 14 heavy (non-hydrogen) atoms. The van der Waals surface area contributed by atoms with E-state index in [9.17, 15) is 4.79 Å². The lowest BCUT2D eigenvalue weighted by atomic mass is 9.96. The smallest absolute Gasteiger partial charge is 0.230 e. The molecule has 1 heterocycles. The van der Waals surface area contributed by atoms with Crippen LogP contribution >= 0.6 is 0 Å². The number of benzene rings is 1. The number of likely N-dealkylation sites (tertiary alicyclic amines) is 1. The lowest BCUT2D eigenvalue weighted by Gasteiger charge is -2.13. The molecule has 2 heteroatoms. The van der Waals surface area contributed by atoms with Gasteiger partial charge in [0, 0.05) is 13.1 Å². The Balaban J connectivity index is 2.26. The van der Waals surface area contributed by atoms with Crippen LogP contribution in [0.15, 0.2) is 30.3 Å². The first-order valence-electron chi connectivity index (χ1n) is 5.02. The van der Waals surface area contributed by atoms with Gasteiger partial charge < -0.3 is 4.90 Å². The van der Waals surface area contributed by atoms with E-state index >= 15 is 0 Å². The monoisotopic (exact) mass is 189 g/mol. The van der Waals surface area contributed by atoms with Crippen molar-refractivity contribution in [1.29, 1.82) is 0 Å². The van der Waals surface area contributed by atoms with Crippen molar-refractivity contribution < 1.29 is 4.79 Å². The first-order chi connectivity index (χ1) is 6.70. The topological polar surface area (TPSA) is 20.3 Å². The van der Waals surface area contributed by atoms with Crippen LogP contribution in [0.5, 0.6) is 0 Å². The molecule has 2 nitrogen and oxygen atoms in total. The van der Waals surface area contributed by atoms with Gasteiger partial charge in [-0.2, -0.15) is 0 Å². The molecule has 0 spiro atoms. The van der Waals surface area contributed by atoms with Crippen LogP contribution in [0.4, 0.5) is 0 Å². The fourth-order valence-electron chi connectivity index (χ4n) is 2.03. The minimum atomic E-state index is 0.0798. The van der Waals surface area contributed by atoms with Gasteiger partial charge in [0.25, 0.3) is 0 Å². The molecular formula is C12H15NO. The quantitative estimate of drug-likeness (QED) is 0.662. The molecule has 1 amide bonds. The third-order valence-corrected chi connectivity index (χ3v) is 3.09. The molecule has 1 aromatic rings. The summed E-state index contributed by atoms with van der Waals surface area (Å²) in [5, 5.41) is 0. The Morgan fingerprint density at radius 1 is 1.29 bits per heavy atom. The second-order valence-corrected chi connectivity index (χ2v) is 4.00. The molecule has 1 aliphatic heterocycles. The highest BCUT2D eigenvalue weighted by Crippen LogP contribution is 2.31. The van der Waals surface area contributed by atoms with E-state index in [2.05, 4.69) is 6.92 Å². The summed E-state index contributed by atoms with van der Waals surface area (Å²) in [5.74, 6) is 0.333. The van der Waals surface area contributed by atoms with E-state index in [-0.39, 0.29) is 11.8 Å². The highest BCUT2D eigenvalue weighted by atomic mass is 16.2. The van der Waals surface area contributed by atoms with Crippen LogP contribution in [-0.2, 0) is 4.79 Å². The maximum atomic E-state index is 11.8. The summed E-state index contributed by atoms with van der Waals surface area (Å²) in [5.41, 5.74) is 1.15. The lowest BCUT2D eigenvalue weighted by Crippen LogP contribution is -2.27. The number of likely N-dealkylation sites (N-methyl/N-ethyl adjacent to an activating group) is 1. The minimum Gasteiger partial charge on any atom is -0.342 e. The largest absolute Gasteiger partial charge is 0.342 e. The number of hydrogen-bond donors (Lipinski definition) is 0. The molecule has 1 aromatic carbocycles. The van der Waals surface area contributed by atoms with E-state index in [4.69, 9.17) is 0 Å².